The van der Waals surface area contributed by atoms with Crippen LogP contribution in [0.3, 0.4) is 0 Å². The van der Waals surface area contributed by atoms with Crippen LogP contribution in [0.2, 0.25) is 0 Å². The van der Waals surface area contributed by atoms with Gasteiger partial charge >= 0.3 is 0 Å². The number of benzene rings is 2. The van der Waals surface area contributed by atoms with Crippen LogP contribution in [0.4, 0.5) is 5.69 Å². The van der Waals surface area contributed by atoms with Crippen molar-refractivity contribution in [1.82, 2.24) is 14.8 Å². The smallest absolute Gasteiger partial charge is 0.134 e. The maximum atomic E-state index is 9.97. The molecule has 0 saturated carbocycles. The first-order valence-corrected chi connectivity index (χ1v) is 7.18. The van der Waals surface area contributed by atoms with Crippen molar-refractivity contribution in [3.8, 4) is 11.4 Å². The first kappa shape index (κ1) is 13.6. The lowest BCUT2D eigenvalue weighted by Gasteiger charge is -2.10. The molecule has 2 N–H and O–H groups in total. The van der Waals surface area contributed by atoms with Crippen molar-refractivity contribution in [1.29, 1.82) is 0 Å². The summed E-state index contributed by atoms with van der Waals surface area (Å²) in [5.74, 6) is 0.264. The van der Waals surface area contributed by atoms with E-state index in [1.165, 1.54) is 0 Å². The van der Waals surface area contributed by atoms with E-state index in [1.54, 1.807) is 12.7 Å². The minimum absolute atomic E-state index is 0.264. The Morgan fingerprint density at radius 3 is 2.67 bits per heavy atom. The molecule has 0 spiro atoms. The summed E-state index contributed by atoms with van der Waals surface area (Å²) < 4.78 is 2.53. The molecule has 6 heteroatoms. The van der Waals surface area contributed by atoms with Crippen LogP contribution < -0.4 is 5.32 Å². The molecular formula is C15H13BrN4O. The Bertz CT molecular complexity index is 743. The molecule has 2 aromatic carbocycles. The number of aromatic hydroxyl groups is 1. The van der Waals surface area contributed by atoms with Crippen LogP contribution in [0.5, 0.6) is 5.75 Å². The molecule has 0 saturated heterocycles. The number of nitrogens with zero attached hydrogens (tertiary/aromatic N) is 3. The van der Waals surface area contributed by atoms with Gasteiger partial charge in [0.25, 0.3) is 0 Å². The number of hydrogen-bond acceptors (Lipinski definition) is 4. The van der Waals surface area contributed by atoms with Gasteiger partial charge in [0.2, 0.25) is 0 Å². The average Bonchev–Trinajstić information content (AvgIpc) is 3.03. The molecule has 0 aliphatic carbocycles. The van der Waals surface area contributed by atoms with Gasteiger partial charge in [0.15, 0.2) is 0 Å². The number of anilines is 1. The van der Waals surface area contributed by atoms with Crippen LogP contribution in [0.25, 0.3) is 5.69 Å². The normalized spacial score (nSPS) is 10.5. The third kappa shape index (κ3) is 3.05. The highest BCUT2D eigenvalue weighted by atomic mass is 79.9. The highest BCUT2D eigenvalue weighted by Crippen LogP contribution is 2.28. The molecule has 1 heterocycles. The molecule has 1 aromatic heterocycles. The van der Waals surface area contributed by atoms with Gasteiger partial charge in [-0.05, 0) is 40.2 Å². The van der Waals surface area contributed by atoms with Crippen molar-refractivity contribution < 1.29 is 5.11 Å². The van der Waals surface area contributed by atoms with Gasteiger partial charge in [-0.3, -0.25) is 4.57 Å². The van der Waals surface area contributed by atoms with Gasteiger partial charge in [-0.1, -0.05) is 18.2 Å². The van der Waals surface area contributed by atoms with Gasteiger partial charge in [0, 0.05) is 17.8 Å². The number of phenols is 1. The fourth-order valence-corrected chi connectivity index (χ4v) is 2.42. The van der Waals surface area contributed by atoms with E-state index in [9.17, 15) is 5.11 Å². The Hall–Kier alpha value is -2.34. The quantitative estimate of drug-likeness (QED) is 0.761. The monoisotopic (exact) mass is 344 g/mol. The Balaban J connectivity index is 1.77. The molecular weight excluding hydrogens is 332 g/mol. The molecule has 5 nitrogen and oxygen atoms in total. The van der Waals surface area contributed by atoms with Gasteiger partial charge in [0.05, 0.1) is 10.2 Å². The van der Waals surface area contributed by atoms with Crippen LogP contribution >= 0.6 is 15.9 Å². The zero-order valence-electron chi connectivity index (χ0n) is 11.1. The van der Waals surface area contributed by atoms with E-state index < -0.39 is 0 Å². The number of hydrogen-bond donors (Lipinski definition) is 2. The van der Waals surface area contributed by atoms with E-state index in [2.05, 4.69) is 31.4 Å². The van der Waals surface area contributed by atoms with Gasteiger partial charge in [-0.15, -0.1) is 10.2 Å². The van der Waals surface area contributed by atoms with E-state index >= 15 is 0 Å². The van der Waals surface area contributed by atoms with Crippen LogP contribution in [0.1, 0.15) is 5.56 Å². The number of nitrogens with one attached hydrogen (secondary N) is 1. The van der Waals surface area contributed by atoms with E-state index in [0.717, 1.165) is 16.9 Å². The highest BCUT2D eigenvalue weighted by Gasteiger charge is 2.05. The molecule has 0 bridgehead atoms. The molecule has 0 radical (unpaired) electrons. The van der Waals surface area contributed by atoms with E-state index in [1.807, 2.05) is 47.0 Å². The van der Waals surface area contributed by atoms with Crippen molar-refractivity contribution >= 4 is 21.6 Å². The highest BCUT2D eigenvalue weighted by molar-refractivity contribution is 9.10. The maximum Gasteiger partial charge on any atom is 0.134 e. The number of para-hydroxylation sites is 1. The summed E-state index contributed by atoms with van der Waals surface area (Å²) in [5.41, 5.74) is 2.77. The molecule has 0 atom stereocenters. The summed E-state index contributed by atoms with van der Waals surface area (Å²) in [7, 11) is 0. The van der Waals surface area contributed by atoms with E-state index in [-0.39, 0.29) is 5.75 Å². The first-order valence-electron chi connectivity index (χ1n) is 6.39. The zero-order chi connectivity index (χ0) is 14.7. The minimum Gasteiger partial charge on any atom is -0.506 e. The van der Waals surface area contributed by atoms with Gasteiger partial charge in [-0.2, -0.15) is 0 Å². The first-order chi connectivity index (χ1) is 10.2. The average molecular weight is 345 g/mol. The topological polar surface area (TPSA) is 63.0 Å². The molecule has 106 valence electrons. The molecule has 21 heavy (non-hydrogen) atoms. The number of rotatable bonds is 4. The largest absolute Gasteiger partial charge is 0.506 e. The van der Waals surface area contributed by atoms with Crippen molar-refractivity contribution in [2.24, 2.45) is 0 Å². The zero-order valence-corrected chi connectivity index (χ0v) is 12.7. The van der Waals surface area contributed by atoms with Crippen LogP contribution in [0.15, 0.2) is 59.6 Å². The molecule has 0 unspecified atom stereocenters. The predicted octanol–water partition coefficient (Wildman–Crippen LogP) is 3.35. The predicted molar refractivity (Wildman–Crippen MR) is 84.5 cm³/mol. The second-order valence-corrected chi connectivity index (χ2v) is 5.37. The Morgan fingerprint density at radius 1 is 1.10 bits per heavy atom. The summed E-state index contributed by atoms with van der Waals surface area (Å²) in [4.78, 5) is 0. The maximum absolute atomic E-state index is 9.97. The van der Waals surface area contributed by atoms with Crippen LogP contribution in [0, 0.1) is 0 Å². The van der Waals surface area contributed by atoms with Crippen LogP contribution in [-0.2, 0) is 6.54 Å². The summed E-state index contributed by atoms with van der Waals surface area (Å²) >= 11 is 3.32. The Morgan fingerprint density at radius 2 is 1.86 bits per heavy atom. The number of aromatic nitrogens is 3. The summed E-state index contributed by atoms with van der Waals surface area (Å²) in [6.07, 6.45) is 3.30. The minimum atomic E-state index is 0.264. The second-order valence-electron chi connectivity index (χ2n) is 4.52. The molecule has 0 amide bonds. The number of phenolic OH excluding ortho intramolecular Hbond substituents is 1. The lowest BCUT2D eigenvalue weighted by Crippen LogP contribution is -2.01. The molecule has 0 fully saturated rings. The van der Waals surface area contributed by atoms with E-state index in [0.29, 0.717) is 11.0 Å². The Labute approximate surface area is 130 Å². The number of halogens is 1. The summed E-state index contributed by atoms with van der Waals surface area (Å²) in [6, 6.07) is 13.5. The Kier molecular flexibility index (Phi) is 3.87. The van der Waals surface area contributed by atoms with Gasteiger partial charge in [-0.25, -0.2) is 0 Å². The van der Waals surface area contributed by atoms with Crippen molar-refractivity contribution in [2.45, 2.75) is 6.54 Å². The van der Waals surface area contributed by atoms with Gasteiger partial charge in [0.1, 0.15) is 18.4 Å². The second kappa shape index (κ2) is 5.97. The van der Waals surface area contributed by atoms with Crippen molar-refractivity contribution in [3.63, 3.8) is 0 Å². The van der Waals surface area contributed by atoms with Gasteiger partial charge < -0.3 is 10.4 Å². The third-order valence-corrected chi connectivity index (χ3v) is 3.76. The molecule has 3 aromatic rings. The lowest BCUT2D eigenvalue weighted by molar-refractivity contribution is 0.465. The van der Waals surface area contributed by atoms with Crippen LogP contribution in [-0.4, -0.2) is 19.9 Å². The van der Waals surface area contributed by atoms with Crippen molar-refractivity contribution in [2.75, 3.05) is 5.32 Å². The molecule has 0 aliphatic rings. The standard InChI is InChI=1S/C15H13BrN4O/c16-14-6-1-3-11(15(14)21)8-17-12-4-2-5-13(7-12)20-9-18-19-10-20/h1-7,9-10,17,21H,8H2. The fourth-order valence-electron chi connectivity index (χ4n) is 2.01. The third-order valence-electron chi connectivity index (χ3n) is 3.12. The summed E-state index contributed by atoms with van der Waals surface area (Å²) in [6.45, 7) is 0.539. The fraction of sp³-hybridized carbons (Fsp3) is 0.0667. The van der Waals surface area contributed by atoms with E-state index in [4.69, 9.17) is 0 Å². The van der Waals surface area contributed by atoms with Crippen molar-refractivity contribution in [3.05, 3.63) is 65.2 Å². The molecule has 0 aliphatic heterocycles. The summed E-state index contributed by atoms with van der Waals surface area (Å²) in [5, 5.41) is 20.9. The lowest BCUT2D eigenvalue weighted by atomic mass is 10.2. The SMILES string of the molecule is Oc1c(Br)cccc1CNc1cccc(-n2cnnc2)c1. The molecule has 3 rings (SSSR count).